The van der Waals surface area contributed by atoms with Gasteiger partial charge in [0.25, 0.3) is 0 Å². The highest BCUT2D eigenvalue weighted by molar-refractivity contribution is 5.51. The van der Waals surface area contributed by atoms with Crippen molar-refractivity contribution >= 4 is 0 Å². The van der Waals surface area contributed by atoms with Crippen molar-refractivity contribution in [1.82, 2.24) is 5.32 Å². The van der Waals surface area contributed by atoms with Gasteiger partial charge in [0, 0.05) is 29.7 Å². The van der Waals surface area contributed by atoms with E-state index < -0.39 is 0 Å². The first-order chi connectivity index (χ1) is 13.7. The van der Waals surface area contributed by atoms with E-state index >= 15 is 0 Å². The van der Waals surface area contributed by atoms with Crippen LogP contribution in [0.3, 0.4) is 0 Å². The number of hydrogen-bond donors (Lipinski definition) is 1. The molecule has 0 spiro atoms. The number of rotatable bonds is 3. The van der Waals surface area contributed by atoms with E-state index in [1.807, 2.05) is 0 Å². The monoisotopic (exact) mass is 377 g/mol. The Kier molecular flexibility index (Phi) is 4.99. The third kappa shape index (κ3) is 3.29. The molecule has 2 aliphatic heterocycles. The van der Waals surface area contributed by atoms with E-state index in [0.29, 0.717) is 24.0 Å². The minimum Gasteiger partial charge on any atom is -0.489 e. The summed E-state index contributed by atoms with van der Waals surface area (Å²) in [5.41, 5.74) is 6.21. The van der Waals surface area contributed by atoms with Crippen LogP contribution in [0.5, 0.6) is 0 Å². The van der Waals surface area contributed by atoms with E-state index in [9.17, 15) is 0 Å². The van der Waals surface area contributed by atoms with Gasteiger partial charge in [-0.1, -0.05) is 44.2 Å². The Morgan fingerprint density at radius 2 is 1.93 bits per heavy atom. The predicted octanol–water partition coefficient (Wildman–Crippen LogP) is 6.34. The maximum Gasteiger partial charge on any atom is 0.124 e. The molecule has 0 radical (unpaired) electrons. The molecule has 2 heterocycles. The Morgan fingerprint density at radius 3 is 2.75 bits per heavy atom. The van der Waals surface area contributed by atoms with Gasteiger partial charge in [-0.2, -0.15) is 0 Å². The molecular formula is C26H35NO. The highest BCUT2D eigenvalue weighted by Gasteiger charge is 2.37. The zero-order valence-electron chi connectivity index (χ0n) is 17.5. The molecule has 0 saturated heterocycles. The maximum atomic E-state index is 6.32. The third-order valence-electron chi connectivity index (χ3n) is 7.53. The molecule has 150 valence electrons. The van der Waals surface area contributed by atoms with Crippen LogP contribution in [-0.4, -0.2) is 12.1 Å². The highest BCUT2D eigenvalue weighted by atomic mass is 16.5. The Morgan fingerprint density at radius 1 is 1.00 bits per heavy atom. The van der Waals surface area contributed by atoms with Gasteiger partial charge in [0.1, 0.15) is 11.9 Å². The average molecular weight is 378 g/mol. The summed E-state index contributed by atoms with van der Waals surface area (Å²) < 4.78 is 6.32. The molecule has 0 fully saturated rings. The number of hydrogen-bond acceptors (Lipinski definition) is 2. The van der Waals surface area contributed by atoms with Gasteiger partial charge in [-0.3, -0.25) is 0 Å². The smallest absolute Gasteiger partial charge is 0.124 e. The Balaban J connectivity index is 1.49. The van der Waals surface area contributed by atoms with Crippen molar-refractivity contribution < 1.29 is 4.74 Å². The van der Waals surface area contributed by atoms with Gasteiger partial charge in [-0.25, -0.2) is 0 Å². The topological polar surface area (TPSA) is 21.3 Å². The van der Waals surface area contributed by atoms with Crippen LogP contribution >= 0.6 is 0 Å². The van der Waals surface area contributed by atoms with E-state index in [4.69, 9.17) is 4.74 Å². The lowest BCUT2D eigenvalue weighted by molar-refractivity contribution is 0.140. The number of allylic oxidation sites excluding steroid dienone is 7. The van der Waals surface area contributed by atoms with Crippen molar-refractivity contribution in [2.24, 2.45) is 17.8 Å². The lowest BCUT2D eigenvalue weighted by Crippen LogP contribution is -2.41. The van der Waals surface area contributed by atoms with Crippen LogP contribution in [-0.2, 0) is 4.74 Å². The van der Waals surface area contributed by atoms with Crippen molar-refractivity contribution in [3.8, 4) is 0 Å². The first-order valence-corrected chi connectivity index (χ1v) is 11.6. The summed E-state index contributed by atoms with van der Waals surface area (Å²) in [5.74, 6) is 3.24. The molecule has 5 aliphatic rings. The van der Waals surface area contributed by atoms with Crippen LogP contribution in [0.15, 0.2) is 58.6 Å². The lowest BCUT2D eigenvalue weighted by atomic mass is 9.75. The van der Waals surface area contributed by atoms with Crippen molar-refractivity contribution in [2.75, 3.05) is 0 Å². The summed E-state index contributed by atoms with van der Waals surface area (Å²) in [6, 6.07) is 0.623. The standard InChI is InChI=1S/C26H35NO/c1-17(2)23-14-13-20(18-8-4-3-5-9-18)26(27-23)19-12-15-25-22(16-19)21-10-6-7-11-24(21)28-25/h3-4,6,10,16-19,23,25,27H,5,7-9,11-15H2,1-2H3. The molecule has 4 atom stereocenters. The van der Waals surface area contributed by atoms with Crippen molar-refractivity contribution in [1.29, 1.82) is 0 Å². The summed E-state index contributed by atoms with van der Waals surface area (Å²) in [5, 5.41) is 4.06. The second kappa shape index (κ2) is 7.61. The highest BCUT2D eigenvalue weighted by Crippen LogP contribution is 2.45. The lowest BCUT2D eigenvalue weighted by Gasteiger charge is -2.39. The number of ether oxygens (including phenoxy) is 1. The molecule has 1 N–H and O–H groups in total. The van der Waals surface area contributed by atoms with Gasteiger partial charge >= 0.3 is 0 Å². The fraction of sp³-hybridized carbons (Fsp3) is 0.615. The molecule has 4 unspecified atom stereocenters. The van der Waals surface area contributed by atoms with Gasteiger partial charge < -0.3 is 10.1 Å². The quantitative estimate of drug-likeness (QED) is 0.579. The molecule has 2 nitrogen and oxygen atoms in total. The van der Waals surface area contributed by atoms with Gasteiger partial charge in [-0.05, 0) is 74.3 Å². The third-order valence-corrected chi connectivity index (χ3v) is 7.53. The number of fused-ring (bicyclic) bond motifs is 2. The minimum atomic E-state index is 0.315. The normalized spacial score (nSPS) is 34.8. The Bertz CT molecular complexity index is 778. The summed E-state index contributed by atoms with van der Waals surface area (Å²) in [6.07, 6.45) is 23.3. The second-order valence-electron chi connectivity index (χ2n) is 9.64. The molecule has 0 amide bonds. The molecule has 5 rings (SSSR count). The van der Waals surface area contributed by atoms with Gasteiger partial charge in [0.2, 0.25) is 0 Å². The predicted molar refractivity (Wildman–Crippen MR) is 116 cm³/mol. The van der Waals surface area contributed by atoms with Crippen LogP contribution in [0.25, 0.3) is 0 Å². The average Bonchev–Trinajstić information content (AvgIpc) is 3.12. The Labute approximate surface area is 170 Å². The van der Waals surface area contributed by atoms with Crippen LogP contribution in [0, 0.1) is 17.8 Å². The summed E-state index contributed by atoms with van der Waals surface area (Å²) >= 11 is 0. The van der Waals surface area contributed by atoms with Crippen LogP contribution in [0.2, 0.25) is 0 Å². The molecule has 0 aromatic rings. The SMILES string of the molecule is CC(C)C1CCC(C2CC=CCC2)=C(C2C=C3C4=C(CCC=C4)OC3CC2)N1. The minimum absolute atomic E-state index is 0.315. The fourth-order valence-electron chi connectivity index (χ4n) is 5.89. The van der Waals surface area contributed by atoms with Crippen molar-refractivity contribution in [3.63, 3.8) is 0 Å². The summed E-state index contributed by atoms with van der Waals surface area (Å²) in [6.45, 7) is 4.74. The number of nitrogens with one attached hydrogen (secondary N) is 1. The molecular weight excluding hydrogens is 342 g/mol. The molecule has 3 aliphatic carbocycles. The zero-order chi connectivity index (χ0) is 19.1. The fourth-order valence-corrected chi connectivity index (χ4v) is 5.89. The van der Waals surface area contributed by atoms with Gasteiger partial charge in [-0.15, -0.1) is 0 Å². The molecule has 0 saturated carbocycles. The maximum absolute atomic E-state index is 6.32. The van der Waals surface area contributed by atoms with E-state index in [-0.39, 0.29) is 0 Å². The largest absolute Gasteiger partial charge is 0.489 e. The van der Waals surface area contributed by atoms with Crippen molar-refractivity contribution in [2.45, 2.75) is 83.8 Å². The van der Waals surface area contributed by atoms with Gasteiger partial charge in [0.15, 0.2) is 0 Å². The van der Waals surface area contributed by atoms with E-state index in [0.717, 1.165) is 25.2 Å². The summed E-state index contributed by atoms with van der Waals surface area (Å²) in [4.78, 5) is 0. The molecule has 0 aromatic carbocycles. The Hall–Kier alpha value is -1.70. The zero-order valence-corrected chi connectivity index (χ0v) is 17.5. The molecule has 0 bridgehead atoms. The van der Waals surface area contributed by atoms with Gasteiger partial charge in [0.05, 0.1) is 0 Å². The van der Waals surface area contributed by atoms with Crippen LogP contribution in [0.4, 0.5) is 0 Å². The van der Waals surface area contributed by atoms with Crippen LogP contribution < -0.4 is 5.32 Å². The molecule has 0 aromatic heterocycles. The molecule has 2 heteroatoms. The second-order valence-corrected chi connectivity index (χ2v) is 9.64. The van der Waals surface area contributed by atoms with Crippen LogP contribution in [0.1, 0.15) is 71.6 Å². The van der Waals surface area contributed by atoms with E-state index in [2.05, 4.69) is 49.5 Å². The first-order valence-electron chi connectivity index (χ1n) is 11.6. The first kappa shape index (κ1) is 18.3. The van der Waals surface area contributed by atoms with Crippen molar-refractivity contribution in [3.05, 3.63) is 58.6 Å². The molecule has 28 heavy (non-hydrogen) atoms. The van der Waals surface area contributed by atoms with E-state index in [1.165, 1.54) is 55.4 Å². The van der Waals surface area contributed by atoms with E-state index in [1.54, 1.807) is 11.3 Å². The summed E-state index contributed by atoms with van der Waals surface area (Å²) in [7, 11) is 0.